The third-order valence-corrected chi connectivity index (χ3v) is 3.66. The highest BCUT2D eigenvalue weighted by Crippen LogP contribution is 2.31. The van der Waals surface area contributed by atoms with Gasteiger partial charge in [-0.05, 0) is 37.6 Å². The van der Waals surface area contributed by atoms with Gasteiger partial charge in [0.2, 0.25) is 0 Å². The fraction of sp³-hybridized carbons (Fsp3) is 0.176. The number of nitrogens with one attached hydrogen (secondary N) is 2. The number of ether oxygens (including phenoxy) is 1. The average molecular weight is 333 g/mol. The van der Waals surface area contributed by atoms with Gasteiger partial charge in [0.1, 0.15) is 5.75 Å². The number of carbonyl (C=O) groups excluding carboxylic acids is 2. The maximum Gasteiger partial charge on any atom is 0.323 e. The van der Waals surface area contributed by atoms with Crippen molar-refractivity contribution >= 4 is 34.8 Å². The van der Waals surface area contributed by atoms with Crippen LogP contribution in [0.5, 0.6) is 5.75 Å². The first-order valence-electron chi connectivity index (χ1n) is 6.94. The molecule has 2 N–H and O–H groups in total. The van der Waals surface area contributed by atoms with Crippen LogP contribution in [-0.4, -0.2) is 18.9 Å². The summed E-state index contributed by atoms with van der Waals surface area (Å²) in [5, 5.41) is 5.95. The molecule has 0 unspecified atom stereocenters. The van der Waals surface area contributed by atoms with Crippen molar-refractivity contribution in [3.05, 3.63) is 52.5 Å². The van der Waals surface area contributed by atoms with Crippen molar-refractivity contribution in [1.29, 1.82) is 0 Å². The van der Waals surface area contributed by atoms with Crippen molar-refractivity contribution in [1.82, 2.24) is 0 Å². The van der Waals surface area contributed by atoms with E-state index in [4.69, 9.17) is 16.3 Å². The van der Waals surface area contributed by atoms with Crippen molar-refractivity contribution in [2.24, 2.45) is 0 Å². The number of aryl methyl sites for hydroxylation is 1. The van der Waals surface area contributed by atoms with Crippen molar-refractivity contribution in [2.45, 2.75) is 13.8 Å². The van der Waals surface area contributed by atoms with Gasteiger partial charge in [0.15, 0.2) is 5.78 Å². The molecule has 0 saturated carbocycles. The summed E-state index contributed by atoms with van der Waals surface area (Å²) in [4.78, 5) is 23.5. The molecule has 6 heteroatoms. The molecule has 0 aliphatic heterocycles. The predicted molar refractivity (Wildman–Crippen MR) is 91.8 cm³/mol. The van der Waals surface area contributed by atoms with Gasteiger partial charge in [0.05, 0.1) is 12.8 Å². The summed E-state index contributed by atoms with van der Waals surface area (Å²) in [7, 11) is 1.50. The van der Waals surface area contributed by atoms with Crippen LogP contribution in [0.4, 0.5) is 16.2 Å². The maximum absolute atomic E-state index is 12.1. The number of hydrogen-bond donors (Lipinski definition) is 2. The minimum absolute atomic E-state index is 0.0657. The van der Waals surface area contributed by atoms with Crippen molar-refractivity contribution in [3.8, 4) is 5.75 Å². The molecule has 2 amide bonds. The molecule has 2 aromatic carbocycles. The zero-order chi connectivity index (χ0) is 17.0. The van der Waals surface area contributed by atoms with E-state index in [-0.39, 0.29) is 5.78 Å². The molecule has 0 radical (unpaired) electrons. The lowest BCUT2D eigenvalue weighted by Crippen LogP contribution is -2.20. The first-order valence-corrected chi connectivity index (χ1v) is 7.31. The first kappa shape index (κ1) is 16.8. The molecule has 120 valence electrons. The second kappa shape index (κ2) is 7.15. The second-order valence-electron chi connectivity index (χ2n) is 5.02. The zero-order valence-electron chi connectivity index (χ0n) is 13.1. The van der Waals surface area contributed by atoms with Crippen LogP contribution in [0, 0.1) is 6.92 Å². The van der Waals surface area contributed by atoms with Gasteiger partial charge in [-0.1, -0.05) is 23.7 Å². The maximum atomic E-state index is 12.1. The van der Waals surface area contributed by atoms with E-state index in [0.717, 1.165) is 5.56 Å². The number of amides is 2. The monoisotopic (exact) mass is 332 g/mol. The van der Waals surface area contributed by atoms with Gasteiger partial charge in [-0.15, -0.1) is 0 Å². The van der Waals surface area contributed by atoms with Crippen molar-refractivity contribution in [3.63, 3.8) is 0 Å². The molecule has 23 heavy (non-hydrogen) atoms. The van der Waals surface area contributed by atoms with Gasteiger partial charge < -0.3 is 15.4 Å². The number of ketones is 1. The standard InChI is InChI=1S/C17H17ClN2O3/c1-10-7-15(16(23-3)9-14(10)18)20-17(22)19-13-6-4-5-12(8-13)11(2)21/h4-9H,1-3H3,(H2,19,20,22). The summed E-state index contributed by atoms with van der Waals surface area (Å²) < 4.78 is 5.21. The van der Waals surface area contributed by atoms with Gasteiger partial charge in [-0.3, -0.25) is 4.79 Å². The van der Waals surface area contributed by atoms with Gasteiger partial charge in [-0.25, -0.2) is 4.79 Å². The Balaban J connectivity index is 2.15. The quantitative estimate of drug-likeness (QED) is 0.810. The van der Waals surface area contributed by atoms with Crippen LogP contribution in [-0.2, 0) is 0 Å². The summed E-state index contributed by atoms with van der Waals surface area (Å²) in [5.74, 6) is 0.400. The number of carbonyl (C=O) groups is 2. The molecule has 0 fully saturated rings. The van der Waals surface area contributed by atoms with Crippen LogP contribution in [0.2, 0.25) is 5.02 Å². The van der Waals surface area contributed by atoms with Crippen LogP contribution >= 0.6 is 11.6 Å². The molecule has 0 spiro atoms. The van der Waals surface area contributed by atoms with Crippen molar-refractivity contribution in [2.75, 3.05) is 17.7 Å². The molecular weight excluding hydrogens is 316 g/mol. The van der Waals surface area contributed by atoms with E-state index >= 15 is 0 Å². The molecule has 2 rings (SSSR count). The molecule has 2 aromatic rings. The van der Waals surface area contributed by atoms with E-state index in [0.29, 0.717) is 27.7 Å². The molecule has 0 saturated heterocycles. The molecule has 0 bridgehead atoms. The number of methoxy groups -OCH3 is 1. The summed E-state index contributed by atoms with van der Waals surface area (Å²) in [6.45, 7) is 3.31. The number of halogens is 1. The van der Waals surface area contributed by atoms with Crippen molar-refractivity contribution < 1.29 is 14.3 Å². The summed E-state index contributed by atoms with van der Waals surface area (Å²) in [6.07, 6.45) is 0. The van der Waals surface area contributed by atoms with E-state index in [9.17, 15) is 9.59 Å². The van der Waals surface area contributed by atoms with E-state index < -0.39 is 6.03 Å². The minimum atomic E-state index is -0.439. The summed E-state index contributed by atoms with van der Waals surface area (Å²) >= 11 is 6.04. The van der Waals surface area contributed by atoms with E-state index in [2.05, 4.69) is 10.6 Å². The Morgan fingerprint density at radius 1 is 1.13 bits per heavy atom. The fourth-order valence-corrected chi connectivity index (χ4v) is 2.18. The zero-order valence-corrected chi connectivity index (χ0v) is 13.8. The lowest BCUT2D eigenvalue weighted by Gasteiger charge is -2.13. The van der Waals surface area contributed by atoms with Crippen LogP contribution in [0.15, 0.2) is 36.4 Å². The van der Waals surface area contributed by atoms with E-state index in [1.165, 1.54) is 14.0 Å². The Morgan fingerprint density at radius 2 is 1.87 bits per heavy atom. The third kappa shape index (κ3) is 4.23. The Labute approximate surface area is 139 Å². The van der Waals surface area contributed by atoms with Gasteiger partial charge >= 0.3 is 6.03 Å². The van der Waals surface area contributed by atoms with Crippen LogP contribution in [0.1, 0.15) is 22.8 Å². The number of hydrogen-bond acceptors (Lipinski definition) is 3. The lowest BCUT2D eigenvalue weighted by molar-refractivity contribution is 0.101. The largest absolute Gasteiger partial charge is 0.495 e. The molecule has 5 nitrogen and oxygen atoms in total. The second-order valence-corrected chi connectivity index (χ2v) is 5.42. The van der Waals surface area contributed by atoms with Gasteiger partial charge in [-0.2, -0.15) is 0 Å². The highest BCUT2D eigenvalue weighted by molar-refractivity contribution is 6.31. The topological polar surface area (TPSA) is 67.4 Å². The minimum Gasteiger partial charge on any atom is -0.495 e. The number of benzene rings is 2. The third-order valence-electron chi connectivity index (χ3n) is 3.26. The molecule has 0 aliphatic rings. The van der Waals surface area contributed by atoms with E-state index in [1.807, 2.05) is 6.92 Å². The summed E-state index contributed by atoms with van der Waals surface area (Å²) in [6, 6.07) is 9.65. The normalized spacial score (nSPS) is 10.1. The number of urea groups is 1. The average Bonchev–Trinajstić information content (AvgIpc) is 2.50. The number of anilines is 2. The number of Topliss-reactive ketones (excluding diaryl/α,β-unsaturated/α-hetero) is 1. The smallest absolute Gasteiger partial charge is 0.323 e. The Kier molecular flexibility index (Phi) is 5.24. The molecule has 0 heterocycles. The Bertz CT molecular complexity index is 759. The van der Waals surface area contributed by atoms with E-state index in [1.54, 1.807) is 36.4 Å². The van der Waals surface area contributed by atoms with Crippen LogP contribution in [0.25, 0.3) is 0 Å². The highest BCUT2D eigenvalue weighted by atomic mass is 35.5. The lowest BCUT2D eigenvalue weighted by atomic mass is 10.1. The number of rotatable bonds is 4. The van der Waals surface area contributed by atoms with Gasteiger partial charge in [0.25, 0.3) is 0 Å². The van der Waals surface area contributed by atoms with Crippen LogP contribution < -0.4 is 15.4 Å². The summed E-state index contributed by atoms with van der Waals surface area (Å²) in [5.41, 5.74) is 2.39. The fourth-order valence-electron chi connectivity index (χ4n) is 2.03. The van der Waals surface area contributed by atoms with Crippen LogP contribution in [0.3, 0.4) is 0 Å². The predicted octanol–water partition coefficient (Wildman–Crippen LogP) is 4.50. The first-order chi connectivity index (χ1) is 10.9. The molecule has 0 atom stereocenters. The Hall–Kier alpha value is -2.53. The molecule has 0 aliphatic carbocycles. The molecular formula is C17H17ClN2O3. The molecule has 0 aromatic heterocycles. The highest BCUT2D eigenvalue weighted by Gasteiger charge is 2.11. The van der Waals surface area contributed by atoms with Gasteiger partial charge in [0, 0.05) is 22.3 Å². The SMILES string of the molecule is COc1cc(Cl)c(C)cc1NC(=O)Nc1cccc(C(C)=O)c1. The Morgan fingerprint density at radius 3 is 2.52 bits per heavy atom.